The molecule has 0 bridgehead atoms. The first-order chi connectivity index (χ1) is 9.13. The Balaban J connectivity index is 2.28. The maximum Gasteiger partial charge on any atom is 0.374 e. The van der Waals surface area contributed by atoms with Crippen LogP contribution in [0.15, 0.2) is 47.4 Å². The van der Waals surface area contributed by atoms with Crippen molar-refractivity contribution in [1.29, 1.82) is 0 Å². The summed E-state index contributed by atoms with van der Waals surface area (Å²) in [5.74, 6) is 0.252. The van der Waals surface area contributed by atoms with Gasteiger partial charge in [-0.15, -0.1) is 0 Å². The lowest BCUT2D eigenvalue weighted by Gasteiger charge is -2.05. The Labute approximate surface area is 111 Å². The number of benzene rings is 1. The van der Waals surface area contributed by atoms with Gasteiger partial charge in [-0.3, -0.25) is 0 Å². The van der Waals surface area contributed by atoms with Crippen molar-refractivity contribution >= 4 is 11.7 Å². The molecule has 0 aliphatic heterocycles. The third-order valence-electron chi connectivity index (χ3n) is 2.78. The molecule has 98 valence electrons. The second kappa shape index (κ2) is 5.44. The van der Waals surface area contributed by atoms with E-state index in [9.17, 15) is 4.79 Å². The van der Waals surface area contributed by atoms with Crippen LogP contribution in [0.25, 0.3) is 11.3 Å². The van der Waals surface area contributed by atoms with Crippen LogP contribution in [0.5, 0.6) is 0 Å². The summed E-state index contributed by atoms with van der Waals surface area (Å²) in [6.45, 7) is 5.54. The van der Waals surface area contributed by atoms with E-state index in [2.05, 4.69) is 6.58 Å². The fraction of sp³-hybridized carbons (Fsp3) is 0.133. The van der Waals surface area contributed by atoms with Crippen LogP contribution < -0.4 is 5.73 Å². The average molecular weight is 257 g/mol. The summed E-state index contributed by atoms with van der Waals surface area (Å²) in [6, 6.07) is 8.87. The van der Waals surface area contributed by atoms with Crippen LogP contribution in [0, 0.1) is 6.92 Å². The third-order valence-corrected chi connectivity index (χ3v) is 2.78. The van der Waals surface area contributed by atoms with E-state index in [0.717, 1.165) is 11.1 Å². The molecule has 0 spiro atoms. The number of nitrogen functional groups attached to an aromatic ring is 1. The molecule has 1 aromatic carbocycles. The largest absolute Gasteiger partial charge is 0.456 e. The van der Waals surface area contributed by atoms with Crippen LogP contribution >= 0.6 is 0 Å². The number of carbonyl (C=O) groups is 1. The molecule has 0 aliphatic rings. The zero-order chi connectivity index (χ0) is 13.8. The minimum absolute atomic E-state index is 0.159. The lowest BCUT2D eigenvalue weighted by Crippen LogP contribution is -2.03. The van der Waals surface area contributed by atoms with Gasteiger partial charge in [0, 0.05) is 11.3 Å². The highest BCUT2D eigenvalue weighted by Gasteiger charge is 2.14. The molecule has 19 heavy (non-hydrogen) atoms. The van der Waals surface area contributed by atoms with Crippen LogP contribution in [0.1, 0.15) is 16.1 Å². The summed E-state index contributed by atoms with van der Waals surface area (Å²) in [6.07, 6.45) is 1.50. The first-order valence-electron chi connectivity index (χ1n) is 5.87. The maximum atomic E-state index is 11.6. The minimum atomic E-state index is -0.507. The van der Waals surface area contributed by atoms with Crippen LogP contribution in [0.2, 0.25) is 0 Å². The number of anilines is 1. The zero-order valence-corrected chi connectivity index (χ0v) is 10.7. The Morgan fingerprint density at radius 3 is 2.95 bits per heavy atom. The Bertz CT molecular complexity index is 614. The fourth-order valence-corrected chi connectivity index (χ4v) is 1.72. The molecule has 1 aromatic heterocycles. The van der Waals surface area contributed by atoms with Gasteiger partial charge < -0.3 is 14.9 Å². The van der Waals surface area contributed by atoms with Crippen molar-refractivity contribution in [3.8, 4) is 11.3 Å². The summed E-state index contributed by atoms with van der Waals surface area (Å²) >= 11 is 0. The van der Waals surface area contributed by atoms with Crippen molar-refractivity contribution in [3.63, 3.8) is 0 Å². The van der Waals surface area contributed by atoms with Gasteiger partial charge in [-0.1, -0.05) is 24.8 Å². The molecule has 0 radical (unpaired) electrons. The van der Waals surface area contributed by atoms with Gasteiger partial charge in [0.15, 0.2) is 0 Å². The fourth-order valence-electron chi connectivity index (χ4n) is 1.72. The first kappa shape index (κ1) is 13.0. The molecular weight excluding hydrogens is 242 g/mol. The van der Waals surface area contributed by atoms with E-state index in [1.807, 2.05) is 25.1 Å². The number of ether oxygens (including phenoxy) is 1. The van der Waals surface area contributed by atoms with Gasteiger partial charge in [0.25, 0.3) is 0 Å². The van der Waals surface area contributed by atoms with Crippen molar-refractivity contribution in [2.75, 3.05) is 12.3 Å². The van der Waals surface area contributed by atoms with Crippen molar-refractivity contribution in [3.05, 3.63) is 54.3 Å². The summed E-state index contributed by atoms with van der Waals surface area (Å²) < 4.78 is 10.4. The van der Waals surface area contributed by atoms with E-state index in [0.29, 0.717) is 11.4 Å². The zero-order valence-electron chi connectivity index (χ0n) is 10.7. The lowest BCUT2D eigenvalue weighted by molar-refractivity contribution is 0.0514. The summed E-state index contributed by atoms with van der Waals surface area (Å²) in [5, 5.41) is 0. The van der Waals surface area contributed by atoms with Gasteiger partial charge in [0.1, 0.15) is 12.4 Å². The molecule has 2 N–H and O–H groups in total. The van der Waals surface area contributed by atoms with Gasteiger partial charge in [-0.05, 0) is 30.7 Å². The average Bonchev–Trinajstić information content (AvgIpc) is 2.88. The second-order valence-corrected chi connectivity index (χ2v) is 4.07. The van der Waals surface area contributed by atoms with E-state index in [1.165, 1.54) is 6.08 Å². The maximum absolute atomic E-state index is 11.6. The van der Waals surface area contributed by atoms with Gasteiger partial charge in [0.05, 0.1) is 0 Å². The quantitative estimate of drug-likeness (QED) is 0.519. The molecule has 2 rings (SSSR count). The lowest BCUT2D eigenvalue weighted by atomic mass is 10.1. The number of nitrogens with two attached hydrogens (primary N) is 1. The highest BCUT2D eigenvalue weighted by atomic mass is 16.5. The van der Waals surface area contributed by atoms with Crippen LogP contribution in [-0.4, -0.2) is 12.6 Å². The Kier molecular flexibility index (Phi) is 3.71. The van der Waals surface area contributed by atoms with Gasteiger partial charge in [-0.25, -0.2) is 4.79 Å². The minimum Gasteiger partial charge on any atom is -0.456 e. The Morgan fingerprint density at radius 1 is 1.42 bits per heavy atom. The van der Waals surface area contributed by atoms with Gasteiger partial charge >= 0.3 is 5.97 Å². The summed E-state index contributed by atoms with van der Waals surface area (Å²) in [7, 11) is 0. The van der Waals surface area contributed by atoms with Crippen LogP contribution in [0.4, 0.5) is 5.69 Å². The molecule has 4 nitrogen and oxygen atoms in total. The molecule has 0 aliphatic carbocycles. The smallest absolute Gasteiger partial charge is 0.374 e. The van der Waals surface area contributed by atoms with Gasteiger partial charge in [0.2, 0.25) is 5.76 Å². The van der Waals surface area contributed by atoms with E-state index < -0.39 is 5.97 Å². The molecule has 0 saturated carbocycles. The number of rotatable bonds is 4. The Morgan fingerprint density at radius 2 is 2.21 bits per heavy atom. The van der Waals surface area contributed by atoms with Crippen LogP contribution in [-0.2, 0) is 4.74 Å². The predicted molar refractivity (Wildman–Crippen MR) is 73.8 cm³/mol. The van der Waals surface area contributed by atoms with Crippen molar-refractivity contribution < 1.29 is 13.9 Å². The van der Waals surface area contributed by atoms with E-state index >= 15 is 0 Å². The first-order valence-corrected chi connectivity index (χ1v) is 5.87. The van der Waals surface area contributed by atoms with Gasteiger partial charge in [-0.2, -0.15) is 0 Å². The monoisotopic (exact) mass is 257 g/mol. The molecule has 2 aromatic rings. The normalized spacial score (nSPS) is 10.2. The summed E-state index contributed by atoms with van der Waals surface area (Å²) in [5.41, 5.74) is 8.31. The molecule has 0 unspecified atom stereocenters. The van der Waals surface area contributed by atoms with E-state index in [-0.39, 0.29) is 12.4 Å². The predicted octanol–water partition coefficient (Wildman–Crippen LogP) is 3.18. The second-order valence-electron chi connectivity index (χ2n) is 4.07. The molecule has 4 heteroatoms. The number of hydrogen-bond acceptors (Lipinski definition) is 4. The number of carbonyl (C=O) groups excluding carboxylic acids is 1. The van der Waals surface area contributed by atoms with Crippen molar-refractivity contribution in [2.24, 2.45) is 0 Å². The number of hydrogen-bond donors (Lipinski definition) is 1. The molecular formula is C15H15NO3. The standard InChI is InChI=1S/C15H15NO3/c1-3-9-18-15(17)14-8-7-13(19-14)11-5-4-6-12(16)10(11)2/h3-8H,1,9,16H2,2H3. The SMILES string of the molecule is C=CCOC(=O)c1ccc(-c2cccc(N)c2C)o1. The van der Waals surface area contributed by atoms with E-state index in [1.54, 1.807) is 12.1 Å². The van der Waals surface area contributed by atoms with E-state index in [4.69, 9.17) is 14.9 Å². The number of furan rings is 1. The molecule has 0 atom stereocenters. The number of esters is 1. The third kappa shape index (κ3) is 2.68. The topological polar surface area (TPSA) is 65.5 Å². The van der Waals surface area contributed by atoms with Crippen molar-refractivity contribution in [2.45, 2.75) is 6.92 Å². The summed E-state index contributed by atoms with van der Waals surface area (Å²) in [4.78, 5) is 11.6. The molecule has 0 saturated heterocycles. The van der Waals surface area contributed by atoms with Crippen molar-refractivity contribution in [1.82, 2.24) is 0 Å². The molecule has 0 fully saturated rings. The van der Waals surface area contributed by atoms with Crippen LogP contribution in [0.3, 0.4) is 0 Å². The molecule has 1 heterocycles. The highest BCUT2D eigenvalue weighted by Crippen LogP contribution is 2.28. The Hall–Kier alpha value is -2.49. The molecule has 0 amide bonds. The highest BCUT2D eigenvalue weighted by molar-refractivity contribution is 5.87.